The molecule has 4 rings (SSSR count). The molecule has 10 nitrogen and oxygen atoms in total. The van der Waals surface area contributed by atoms with Crippen molar-refractivity contribution in [1.29, 1.82) is 0 Å². The van der Waals surface area contributed by atoms with Crippen molar-refractivity contribution in [3.8, 4) is 23.1 Å². The Morgan fingerprint density at radius 1 is 0.864 bits per heavy atom. The molecule has 0 fully saturated rings. The highest BCUT2D eigenvalue weighted by Crippen LogP contribution is 2.40. The van der Waals surface area contributed by atoms with Gasteiger partial charge in [-0.15, -0.1) is 22.7 Å². The normalized spacial score (nSPS) is 12.6. The van der Waals surface area contributed by atoms with Crippen LogP contribution in [0.15, 0.2) is 24.3 Å². The predicted molar refractivity (Wildman–Crippen MR) is 165 cm³/mol. The van der Waals surface area contributed by atoms with Crippen LogP contribution in [0.1, 0.15) is 59.4 Å². The van der Waals surface area contributed by atoms with Gasteiger partial charge >= 0.3 is 5.97 Å². The Bertz CT molecular complexity index is 1730. The van der Waals surface area contributed by atoms with Crippen LogP contribution in [0.5, 0.6) is 23.1 Å². The number of carboxylic acids is 1. The molecular formula is C31H32FNO9S2. The fourth-order valence-electron chi connectivity index (χ4n) is 4.24. The van der Waals surface area contributed by atoms with E-state index in [-0.39, 0.29) is 77.0 Å². The Hall–Kier alpha value is -4.10. The molecule has 0 saturated heterocycles. The van der Waals surface area contributed by atoms with Gasteiger partial charge in [-0.1, -0.05) is 13.8 Å². The standard InChI is InChI=1S/C31H32FNO9S2/c1-15(17(3)34)9-20(35)27-12-19-25(44-27)14-23(30(33-19)40-5)41-7-6-8-42-29-22(39-4)13-24-18(28(29)32)11-26(43-24)21(36)10-16(2)31(37)38/h11-16H,6-10H2,1-5H3,(H,37,38)/t15-,16-/m0/s1. The average Bonchev–Trinajstić information content (AvgIpc) is 3.61. The minimum Gasteiger partial charge on any atom is -0.493 e. The van der Waals surface area contributed by atoms with Crippen molar-refractivity contribution < 1.29 is 47.6 Å². The molecule has 2 atom stereocenters. The zero-order valence-corrected chi connectivity index (χ0v) is 26.5. The number of hydrogen-bond donors (Lipinski definition) is 1. The van der Waals surface area contributed by atoms with Crippen LogP contribution >= 0.6 is 22.7 Å². The summed E-state index contributed by atoms with van der Waals surface area (Å²) in [5.74, 6) is -2.87. The number of rotatable bonds is 16. The van der Waals surface area contributed by atoms with Gasteiger partial charge < -0.3 is 24.1 Å². The largest absolute Gasteiger partial charge is 0.493 e. The minimum absolute atomic E-state index is 0.0441. The first-order valence-electron chi connectivity index (χ1n) is 13.8. The lowest BCUT2D eigenvalue weighted by Crippen LogP contribution is -2.13. The van der Waals surface area contributed by atoms with Gasteiger partial charge in [-0.2, -0.15) is 0 Å². The molecule has 0 amide bonds. The van der Waals surface area contributed by atoms with E-state index in [1.807, 2.05) is 0 Å². The van der Waals surface area contributed by atoms with Gasteiger partial charge in [-0.05, 0) is 19.1 Å². The van der Waals surface area contributed by atoms with Crippen molar-refractivity contribution in [3.05, 3.63) is 39.8 Å². The number of carboxylic acid groups (broad SMARTS) is 1. The third kappa shape index (κ3) is 7.33. The van der Waals surface area contributed by atoms with Crippen LogP contribution in [0.2, 0.25) is 0 Å². The Labute approximate surface area is 260 Å². The lowest BCUT2D eigenvalue weighted by atomic mass is 10.0. The van der Waals surface area contributed by atoms with Gasteiger partial charge in [0.25, 0.3) is 5.88 Å². The lowest BCUT2D eigenvalue weighted by molar-refractivity contribution is -0.141. The van der Waals surface area contributed by atoms with E-state index in [4.69, 9.17) is 24.1 Å². The molecule has 0 bridgehead atoms. The number of methoxy groups -OCH3 is 2. The fraction of sp³-hybridized carbons (Fsp3) is 0.387. The van der Waals surface area contributed by atoms with Gasteiger partial charge in [-0.25, -0.2) is 9.37 Å². The molecule has 44 heavy (non-hydrogen) atoms. The highest BCUT2D eigenvalue weighted by atomic mass is 32.1. The second kappa shape index (κ2) is 14.1. The van der Waals surface area contributed by atoms with Crippen LogP contribution in [0.25, 0.3) is 20.3 Å². The number of pyridine rings is 1. The molecule has 0 aliphatic carbocycles. The summed E-state index contributed by atoms with van der Waals surface area (Å²) >= 11 is 2.33. The second-order valence-corrected chi connectivity index (χ2v) is 12.5. The number of hydrogen-bond acceptors (Lipinski definition) is 11. The van der Waals surface area contributed by atoms with Crippen molar-refractivity contribution in [2.24, 2.45) is 11.8 Å². The van der Waals surface area contributed by atoms with Crippen LogP contribution in [0, 0.1) is 17.7 Å². The summed E-state index contributed by atoms with van der Waals surface area (Å²) < 4.78 is 39.0. The van der Waals surface area contributed by atoms with Crippen LogP contribution in [-0.4, -0.2) is 60.8 Å². The molecule has 4 aromatic rings. The highest BCUT2D eigenvalue weighted by molar-refractivity contribution is 7.21. The SMILES string of the molecule is COc1cc2sc(C(=O)C[C@H](C)C(=O)O)cc2c(F)c1OCCCOc1cc2sc(C(=O)C[C@H](C)C(C)=O)cc2nc1OC. The Morgan fingerprint density at radius 3 is 2.11 bits per heavy atom. The van der Waals surface area contributed by atoms with E-state index < -0.39 is 17.7 Å². The number of benzene rings is 1. The van der Waals surface area contributed by atoms with Crippen LogP contribution in [0.4, 0.5) is 4.39 Å². The first-order valence-corrected chi connectivity index (χ1v) is 15.4. The summed E-state index contributed by atoms with van der Waals surface area (Å²) in [4.78, 5) is 53.1. The van der Waals surface area contributed by atoms with Crippen molar-refractivity contribution in [2.45, 2.75) is 40.0 Å². The van der Waals surface area contributed by atoms with E-state index in [1.54, 1.807) is 25.1 Å². The first-order chi connectivity index (χ1) is 20.9. The van der Waals surface area contributed by atoms with Crippen LogP contribution < -0.4 is 18.9 Å². The summed E-state index contributed by atoms with van der Waals surface area (Å²) in [5.41, 5.74) is 0.578. The van der Waals surface area contributed by atoms with E-state index >= 15 is 4.39 Å². The molecule has 0 radical (unpaired) electrons. The Kier molecular flexibility index (Phi) is 10.5. The number of carbonyl (C=O) groups is 4. The van der Waals surface area contributed by atoms with E-state index in [2.05, 4.69) is 4.98 Å². The van der Waals surface area contributed by atoms with Crippen molar-refractivity contribution in [3.63, 3.8) is 0 Å². The molecule has 234 valence electrons. The maximum atomic E-state index is 15.5. The molecule has 0 aliphatic rings. The maximum Gasteiger partial charge on any atom is 0.306 e. The number of Topliss-reactive ketones (excluding diaryl/α,β-unsaturated/α-hetero) is 3. The number of carbonyl (C=O) groups excluding carboxylic acids is 3. The summed E-state index contributed by atoms with van der Waals surface area (Å²) in [7, 11) is 2.84. The quantitative estimate of drug-likeness (QED) is 0.105. The smallest absolute Gasteiger partial charge is 0.306 e. The Morgan fingerprint density at radius 2 is 1.48 bits per heavy atom. The number of halogens is 1. The average molecular weight is 646 g/mol. The first kappa shape index (κ1) is 32.8. The molecule has 3 aromatic heterocycles. The number of thiophene rings is 2. The molecule has 0 spiro atoms. The molecule has 0 unspecified atom stereocenters. The molecule has 13 heteroatoms. The van der Waals surface area contributed by atoms with Crippen LogP contribution in [-0.2, 0) is 9.59 Å². The third-order valence-electron chi connectivity index (χ3n) is 6.97. The number of aliphatic carboxylic acids is 1. The zero-order chi connectivity index (χ0) is 32.1. The van der Waals surface area contributed by atoms with Crippen molar-refractivity contribution in [2.75, 3.05) is 27.4 Å². The van der Waals surface area contributed by atoms with Crippen molar-refractivity contribution >= 4 is 66.3 Å². The monoisotopic (exact) mass is 645 g/mol. The van der Waals surface area contributed by atoms with Gasteiger partial charge in [0.2, 0.25) is 0 Å². The fourth-order valence-corrected chi connectivity index (χ4v) is 6.26. The van der Waals surface area contributed by atoms with E-state index in [0.29, 0.717) is 27.3 Å². The number of aromatic nitrogens is 1. The molecular weight excluding hydrogens is 613 g/mol. The molecule has 1 aromatic carbocycles. The number of fused-ring (bicyclic) bond motifs is 2. The number of ether oxygens (including phenoxy) is 4. The summed E-state index contributed by atoms with van der Waals surface area (Å²) in [6.07, 6.45) is 0.293. The van der Waals surface area contributed by atoms with Gasteiger partial charge in [0.1, 0.15) is 5.78 Å². The minimum atomic E-state index is -1.08. The molecule has 1 N–H and O–H groups in total. The van der Waals surface area contributed by atoms with Crippen molar-refractivity contribution in [1.82, 2.24) is 4.98 Å². The summed E-state index contributed by atoms with van der Waals surface area (Å²) in [6.45, 7) is 4.89. The number of nitrogens with zero attached hydrogens (tertiary/aromatic N) is 1. The second-order valence-electron chi connectivity index (χ2n) is 10.3. The molecule has 3 heterocycles. The molecule has 0 aliphatic heterocycles. The van der Waals surface area contributed by atoms with Crippen LogP contribution in [0.3, 0.4) is 0 Å². The van der Waals surface area contributed by atoms with E-state index in [9.17, 15) is 19.2 Å². The van der Waals surface area contributed by atoms with E-state index in [0.717, 1.165) is 16.0 Å². The predicted octanol–water partition coefficient (Wildman–Crippen LogP) is 6.61. The lowest BCUT2D eigenvalue weighted by Gasteiger charge is -2.13. The van der Waals surface area contributed by atoms with Gasteiger partial charge in [-0.3, -0.25) is 19.2 Å². The molecule has 0 saturated carbocycles. The van der Waals surface area contributed by atoms with Gasteiger partial charge in [0.15, 0.2) is 34.6 Å². The topological polar surface area (TPSA) is 138 Å². The van der Waals surface area contributed by atoms with Gasteiger partial charge in [0, 0.05) is 47.4 Å². The number of ketones is 3. The maximum absolute atomic E-state index is 15.5. The summed E-state index contributed by atoms with van der Waals surface area (Å²) in [5, 5.41) is 9.28. The van der Waals surface area contributed by atoms with E-state index in [1.165, 1.54) is 45.5 Å². The third-order valence-corrected chi connectivity index (χ3v) is 9.21. The summed E-state index contributed by atoms with van der Waals surface area (Å²) in [6, 6.07) is 6.40. The van der Waals surface area contributed by atoms with Gasteiger partial charge in [0.05, 0.1) is 53.3 Å². The zero-order valence-electron chi connectivity index (χ0n) is 24.9. The Balaban J connectivity index is 1.41. The highest BCUT2D eigenvalue weighted by Gasteiger charge is 2.23.